The lowest BCUT2D eigenvalue weighted by Crippen LogP contribution is -2.39. The molecule has 1 aliphatic heterocycles. The van der Waals surface area contributed by atoms with E-state index in [0.717, 1.165) is 5.69 Å². The van der Waals surface area contributed by atoms with Crippen molar-refractivity contribution in [3.8, 4) is 5.88 Å². The van der Waals surface area contributed by atoms with E-state index in [0.29, 0.717) is 24.8 Å². The molecule has 0 unspecified atom stereocenters. The first-order valence-electron chi connectivity index (χ1n) is 5.18. The summed E-state index contributed by atoms with van der Waals surface area (Å²) in [6.07, 6.45) is 0.126. The van der Waals surface area contributed by atoms with Crippen LogP contribution in [-0.2, 0) is 4.74 Å². The van der Waals surface area contributed by atoms with Gasteiger partial charge in [-0.15, -0.1) is 0 Å². The van der Waals surface area contributed by atoms with Crippen molar-refractivity contribution in [2.24, 2.45) is 0 Å². The number of nitrogens with zero attached hydrogens (tertiary/aromatic N) is 2. The van der Waals surface area contributed by atoms with Gasteiger partial charge in [0.15, 0.2) is 0 Å². The summed E-state index contributed by atoms with van der Waals surface area (Å²) in [5, 5.41) is 4.35. The fourth-order valence-corrected chi connectivity index (χ4v) is 1.45. The highest BCUT2D eigenvalue weighted by molar-refractivity contribution is 5.52. The normalized spacial score (nSPS) is 16.8. The third kappa shape index (κ3) is 1.79. The number of nitrogen functional groups attached to an aromatic ring is 1. The molecule has 5 nitrogen and oxygen atoms in total. The number of hydrogen-bond acceptors (Lipinski definition) is 4. The summed E-state index contributed by atoms with van der Waals surface area (Å²) in [6, 6.07) is 0.247. The van der Waals surface area contributed by atoms with E-state index in [1.54, 1.807) is 0 Å². The first-order chi connectivity index (χ1) is 7.09. The average Bonchev–Trinajstić information content (AvgIpc) is 2.38. The van der Waals surface area contributed by atoms with E-state index in [2.05, 4.69) is 18.9 Å². The molecule has 0 atom stereocenters. The van der Waals surface area contributed by atoms with Gasteiger partial charge in [-0.25, -0.2) is 4.68 Å². The molecule has 2 N–H and O–H groups in total. The molecule has 1 saturated heterocycles. The van der Waals surface area contributed by atoms with Crippen LogP contribution in [0.15, 0.2) is 0 Å². The maximum atomic E-state index is 5.92. The third-order valence-electron chi connectivity index (χ3n) is 2.46. The predicted molar refractivity (Wildman–Crippen MR) is 57.0 cm³/mol. The van der Waals surface area contributed by atoms with E-state index < -0.39 is 0 Å². The summed E-state index contributed by atoms with van der Waals surface area (Å²) in [4.78, 5) is 0. The number of rotatable bonds is 3. The number of ether oxygens (including phenoxy) is 2. The summed E-state index contributed by atoms with van der Waals surface area (Å²) >= 11 is 0. The van der Waals surface area contributed by atoms with Crippen molar-refractivity contribution < 1.29 is 9.47 Å². The summed E-state index contributed by atoms with van der Waals surface area (Å²) in [5.74, 6) is 0.677. The van der Waals surface area contributed by atoms with E-state index >= 15 is 0 Å². The van der Waals surface area contributed by atoms with E-state index in [-0.39, 0.29) is 12.1 Å². The SMILES string of the molecule is Cc1nn(C(C)C)c(OC2COC2)c1N. The molecule has 0 saturated carbocycles. The molecule has 0 radical (unpaired) electrons. The lowest BCUT2D eigenvalue weighted by atomic mass is 10.3. The molecule has 1 aromatic heterocycles. The van der Waals surface area contributed by atoms with E-state index in [1.807, 2.05) is 11.6 Å². The predicted octanol–water partition coefficient (Wildman–Crippen LogP) is 1.13. The van der Waals surface area contributed by atoms with Crippen molar-refractivity contribution in [1.82, 2.24) is 9.78 Å². The quantitative estimate of drug-likeness (QED) is 0.814. The van der Waals surface area contributed by atoms with Crippen LogP contribution in [-0.4, -0.2) is 29.1 Å². The van der Waals surface area contributed by atoms with Crippen LogP contribution in [0.25, 0.3) is 0 Å². The van der Waals surface area contributed by atoms with Crippen molar-refractivity contribution in [3.05, 3.63) is 5.69 Å². The molecule has 0 spiro atoms. The Bertz CT molecular complexity index is 356. The zero-order valence-corrected chi connectivity index (χ0v) is 9.36. The molecule has 15 heavy (non-hydrogen) atoms. The highest BCUT2D eigenvalue weighted by Crippen LogP contribution is 2.29. The summed E-state index contributed by atoms with van der Waals surface area (Å²) in [7, 11) is 0. The van der Waals surface area contributed by atoms with Gasteiger partial charge in [0.05, 0.1) is 24.9 Å². The second-order valence-corrected chi connectivity index (χ2v) is 4.12. The Morgan fingerprint density at radius 3 is 2.67 bits per heavy atom. The fraction of sp³-hybridized carbons (Fsp3) is 0.700. The number of nitrogens with two attached hydrogens (primary N) is 1. The minimum absolute atomic E-state index is 0.126. The van der Waals surface area contributed by atoms with Gasteiger partial charge in [0.1, 0.15) is 11.8 Å². The highest BCUT2D eigenvalue weighted by Gasteiger charge is 2.25. The summed E-state index contributed by atoms with van der Waals surface area (Å²) in [5.41, 5.74) is 7.37. The lowest BCUT2D eigenvalue weighted by Gasteiger charge is -2.27. The van der Waals surface area contributed by atoms with Crippen molar-refractivity contribution >= 4 is 5.69 Å². The number of anilines is 1. The Hall–Kier alpha value is -1.23. The molecule has 0 aliphatic carbocycles. The zero-order valence-electron chi connectivity index (χ0n) is 9.36. The summed E-state index contributed by atoms with van der Waals surface area (Å²) < 4.78 is 12.6. The van der Waals surface area contributed by atoms with Gasteiger partial charge in [0.2, 0.25) is 5.88 Å². The van der Waals surface area contributed by atoms with Crippen LogP contribution in [0.5, 0.6) is 5.88 Å². The first-order valence-corrected chi connectivity index (χ1v) is 5.18. The molecule has 0 amide bonds. The fourth-order valence-electron chi connectivity index (χ4n) is 1.45. The Kier molecular flexibility index (Phi) is 2.56. The molecule has 2 rings (SSSR count). The standard InChI is InChI=1S/C10H17N3O2/c1-6(2)13-10(9(11)7(3)12-13)15-8-4-14-5-8/h6,8H,4-5,11H2,1-3H3. The van der Waals surface area contributed by atoms with Gasteiger partial charge in [0, 0.05) is 0 Å². The molecular formula is C10H17N3O2. The van der Waals surface area contributed by atoms with Crippen LogP contribution in [0, 0.1) is 6.92 Å². The molecule has 1 fully saturated rings. The first kappa shape index (κ1) is 10.3. The van der Waals surface area contributed by atoms with Crippen LogP contribution in [0.3, 0.4) is 0 Å². The Morgan fingerprint density at radius 1 is 1.53 bits per heavy atom. The van der Waals surface area contributed by atoms with Crippen LogP contribution < -0.4 is 10.5 Å². The number of aromatic nitrogens is 2. The Morgan fingerprint density at radius 2 is 2.20 bits per heavy atom. The van der Waals surface area contributed by atoms with Gasteiger partial charge < -0.3 is 15.2 Å². The minimum Gasteiger partial charge on any atom is -0.468 e. The molecule has 2 heterocycles. The van der Waals surface area contributed by atoms with Crippen LogP contribution >= 0.6 is 0 Å². The van der Waals surface area contributed by atoms with E-state index in [4.69, 9.17) is 15.2 Å². The molecule has 0 bridgehead atoms. The zero-order chi connectivity index (χ0) is 11.0. The van der Waals surface area contributed by atoms with Crippen molar-refractivity contribution in [1.29, 1.82) is 0 Å². The van der Waals surface area contributed by atoms with Gasteiger partial charge in [-0.2, -0.15) is 5.10 Å². The Labute approximate surface area is 89.2 Å². The van der Waals surface area contributed by atoms with Crippen LogP contribution in [0.2, 0.25) is 0 Å². The van der Waals surface area contributed by atoms with Crippen molar-refractivity contribution in [3.63, 3.8) is 0 Å². The third-order valence-corrected chi connectivity index (χ3v) is 2.46. The van der Waals surface area contributed by atoms with E-state index in [1.165, 1.54) is 0 Å². The number of hydrogen-bond donors (Lipinski definition) is 1. The van der Waals surface area contributed by atoms with Gasteiger partial charge in [-0.1, -0.05) is 0 Å². The number of aryl methyl sites for hydroxylation is 1. The van der Waals surface area contributed by atoms with Crippen LogP contribution in [0.4, 0.5) is 5.69 Å². The van der Waals surface area contributed by atoms with E-state index in [9.17, 15) is 0 Å². The van der Waals surface area contributed by atoms with Crippen molar-refractivity contribution in [2.45, 2.75) is 32.9 Å². The molecule has 1 aromatic rings. The molecular weight excluding hydrogens is 194 g/mol. The van der Waals surface area contributed by atoms with Gasteiger partial charge in [0.25, 0.3) is 0 Å². The smallest absolute Gasteiger partial charge is 0.236 e. The minimum atomic E-state index is 0.126. The second kappa shape index (κ2) is 3.73. The van der Waals surface area contributed by atoms with Crippen LogP contribution in [0.1, 0.15) is 25.6 Å². The topological polar surface area (TPSA) is 62.3 Å². The molecule has 5 heteroatoms. The second-order valence-electron chi connectivity index (χ2n) is 4.12. The van der Waals surface area contributed by atoms with Gasteiger partial charge in [-0.05, 0) is 20.8 Å². The largest absolute Gasteiger partial charge is 0.468 e. The maximum absolute atomic E-state index is 5.92. The van der Waals surface area contributed by atoms with Crippen molar-refractivity contribution in [2.75, 3.05) is 18.9 Å². The molecule has 0 aromatic carbocycles. The Balaban J connectivity index is 2.25. The summed E-state index contributed by atoms with van der Waals surface area (Å²) in [6.45, 7) is 7.27. The van der Waals surface area contributed by atoms with Gasteiger partial charge >= 0.3 is 0 Å². The van der Waals surface area contributed by atoms with Gasteiger partial charge in [-0.3, -0.25) is 0 Å². The monoisotopic (exact) mass is 211 g/mol. The highest BCUT2D eigenvalue weighted by atomic mass is 16.6. The lowest BCUT2D eigenvalue weighted by molar-refractivity contribution is -0.0828. The molecule has 1 aliphatic rings. The maximum Gasteiger partial charge on any atom is 0.236 e. The average molecular weight is 211 g/mol. The molecule has 84 valence electrons.